The maximum Gasteiger partial charge on any atom is 0.165 e. The lowest BCUT2D eigenvalue weighted by Crippen LogP contribution is -2.42. The molecule has 2 aromatic carbocycles. The number of aromatic hydroxyl groups is 1. The standard InChI is InChI=1S/C25H27N5O2/c1-25(2,32)18-13-26-14-21(18)29-23-16-6-3-4-7-20(16)28-24(30-23)17-12-15(9-10-22(17)31)19-8-5-11-27-19/h3-10,12,18,21,26,31-32H,11,13-14H2,1-2H3,(H,28,29,30)/t18-,21-/m1/s1. The van der Waals surface area contributed by atoms with Crippen molar-refractivity contribution in [3.8, 4) is 17.1 Å². The topological polar surface area (TPSA) is 103 Å². The number of anilines is 1. The maximum absolute atomic E-state index is 10.6. The van der Waals surface area contributed by atoms with Crippen LogP contribution >= 0.6 is 0 Å². The molecule has 0 spiro atoms. The van der Waals surface area contributed by atoms with Gasteiger partial charge in [-0.2, -0.15) is 0 Å². The van der Waals surface area contributed by atoms with Crippen LogP contribution in [0.4, 0.5) is 5.82 Å². The second kappa shape index (κ2) is 8.00. The molecule has 0 radical (unpaired) electrons. The lowest BCUT2D eigenvalue weighted by molar-refractivity contribution is 0.0219. The van der Waals surface area contributed by atoms with Gasteiger partial charge in [0.15, 0.2) is 5.82 Å². The number of phenols is 1. The highest BCUT2D eigenvalue weighted by Crippen LogP contribution is 2.33. The Morgan fingerprint density at radius 3 is 2.72 bits per heavy atom. The molecule has 4 N–H and O–H groups in total. The van der Waals surface area contributed by atoms with Gasteiger partial charge in [0, 0.05) is 36.0 Å². The van der Waals surface area contributed by atoms with Gasteiger partial charge in [-0.05, 0) is 50.3 Å². The average molecular weight is 430 g/mol. The molecule has 0 aliphatic carbocycles. The summed E-state index contributed by atoms with van der Waals surface area (Å²) < 4.78 is 0. The summed E-state index contributed by atoms with van der Waals surface area (Å²) in [5.41, 5.74) is 2.32. The van der Waals surface area contributed by atoms with Crippen molar-refractivity contribution in [1.82, 2.24) is 15.3 Å². The van der Waals surface area contributed by atoms with Crippen molar-refractivity contribution < 1.29 is 10.2 Å². The Bertz CT molecular complexity index is 1230. The van der Waals surface area contributed by atoms with E-state index in [9.17, 15) is 10.2 Å². The van der Waals surface area contributed by atoms with Crippen molar-refractivity contribution in [2.24, 2.45) is 10.9 Å². The first-order valence-corrected chi connectivity index (χ1v) is 10.9. The van der Waals surface area contributed by atoms with Gasteiger partial charge in [0.1, 0.15) is 11.6 Å². The van der Waals surface area contributed by atoms with Crippen LogP contribution in [0.25, 0.3) is 22.3 Å². The lowest BCUT2D eigenvalue weighted by Gasteiger charge is -2.31. The molecule has 2 aliphatic rings. The van der Waals surface area contributed by atoms with E-state index in [0.29, 0.717) is 23.8 Å². The summed E-state index contributed by atoms with van der Waals surface area (Å²) in [5, 5.41) is 29.1. The minimum absolute atomic E-state index is 0.0130. The number of aliphatic hydroxyl groups is 1. The summed E-state index contributed by atoms with van der Waals surface area (Å²) in [6.45, 7) is 5.81. The van der Waals surface area contributed by atoms with Gasteiger partial charge in [-0.15, -0.1) is 0 Å². The molecule has 1 saturated heterocycles. The number of para-hydroxylation sites is 1. The summed E-state index contributed by atoms with van der Waals surface area (Å²) in [7, 11) is 0. The third-order valence-corrected chi connectivity index (χ3v) is 6.22. The minimum atomic E-state index is -0.824. The monoisotopic (exact) mass is 429 g/mol. The van der Waals surface area contributed by atoms with E-state index in [1.165, 1.54) is 0 Å². The first-order valence-electron chi connectivity index (χ1n) is 10.9. The smallest absolute Gasteiger partial charge is 0.165 e. The van der Waals surface area contributed by atoms with Crippen molar-refractivity contribution in [1.29, 1.82) is 0 Å². The van der Waals surface area contributed by atoms with Crippen LogP contribution in [0, 0.1) is 5.92 Å². The van der Waals surface area contributed by atoms with Crippen LogP contribution in [0.15, 0.2) is 59.6 Å². The SMILES string of the molecule is CC(C)(O)[C@@H]1CNC[C@H]1Nc1nc(-c2cc(C3=NCC=C3)ccc2O)nc2ccccc12. The van der Waals surface area contributed by atoms with E-state index in [2.05, 4.69) is 15.6 Å². The number of allylic oxidation sites excluding steroid dienone is 1. The number of nitrogens with zero attached hydrogens (tertiary/aromatic N) is 3. The summed E-state index contributed by atoms with van der Waals surface area (Å²) in [4.78, 5) is 14.1. The van der Waals surface area contributed by atoms with Crippen LogP contribution in [0.3, 0.4) is 0 Å². The van der Waals surface area contributed by atoms with Gasteiger partial charge in [-0.25, -0.2) is 9.97 Å². The minimum Gasteiger partial charge on any atom is -0.507 e. The van der Waals surface area contributed by atoms with E-state index in [1.807, 2.05) is 62.4 Å². The van der Waals surface area contributed by atoms with Gasteiger partial charge in [0.2, 0.25) is 0 Å². The second-order valence-corrected chi connectivity index (χ2v) is 8.94. The summed E-state index contributed by atoms with van der Waals surface area (Å²) in [6, 6.07) is 13.2. The summed E-state index contributed by atoms with van der Waals surface area (Å²) in [6.07, 6.45) is 3.99. The zero-order valence-electron chi connectivity index (χ0n) is 18.2. The molecule has 0 unspecified atom stereocenters. The van der Waals surface area contributed by atoms with E-state index >= 15 is 0 Å². The van der Waals surface area contributed by atoms with Gasteiger partial charge in [0.05, 0.1) is 28.9 Å². The Labute approximate surface area is 187 Å². The normalized spacial score (nSPS) is 20.7. The predicted octanol–water partition coefficient (Wildman–Crippen LogP) is 3.13. The van der Waals surface area contributed by atoms with Gasteiger partial charge < -0.3 is 20.8 Å². The molecule has 1 fully saturated rings. The third kappa shape index (κ3) is 3.85. The van der Waals surface area contributed by atoms with E-state index in [0.717, 1.165) is 35.3 Å². The van der Waals surface area contributed by atoms with Crippen molar-refractivity contribution in [2.75, 3.05) is 25.0 Å². The number of hydrogen-bond acceptors (Lipinski definition) is 7. The van der Waals surface area contributed by atoms with Crippen LogP contribution in [-0.4, -0.2) is 57.2 Å². The first-order chi connectivity index (χ1) is 15.4. The van der Waals surface area contributed by atoms with Gasteiger partial charge >= 0.3 is 0 Å². The maximum atomic E-state index is 10.6. The molecule has 3 heterocycles. The van der Waals surface area contributed by atoms with Crippen molar-refractivity contribution >= 4 is 22.4 Å². The number of hydrogen-bond donors (Lipinski definition) is 4. The van der Waals surface area contributed by atoms with Crippen LogP contribution in [0.1, 0.15) is 19.4 Å². The van der Waals surface area contributed by atoms with Crippen molar-refractivity contribution in [3.05, 3.63) is 60.2 Å². The molecule has 7 nitrogen and oxygen atoms in total. The Morgan fingerprint density at radius 1 is 1.09 bits per heavy atom. The van der Waals surface area contributed by atoms with E-state index in [1.54, 1.807) is 6.07 Å². The van der Waals surface area contributed by atoms with Gasteiger partial charge in [0.25, 0.3) is 0 Å². The van der Waals surface area contributed by atoms with Crippen LogP contribution in [0.2, 0.25) is 0 Å². The molecule has 2 atom stereocenters. The largest absolute Gasteiger partial charge is 0.507 e. The zero-order valence-corrected chi connectivity index (χ0v) is 18.2. The fourth-order valence-corrected chi connectivity index (χ4v) is 4.49. The number of aromatic nitrogens is 2. The lowest BCUT2D eigenvalue weighted by atomic mass is 9.87. The number of benzene rings is 2. The molecule has 2 aliphatic heterocycles. The molecular formula is C25H27N5O2. The third-order valence-electron chi connectivity index (χ3n) is 6.22. The zero-order chi connectivity index (χ0) is 22.3. The molecule has 5 rings (SSSR count). The molecular weight excluding hydrogens is 402 g/mol. The van der Waals surface area contributed by atoms with Crippen LogP contribution in [0.5, 0.6) is 5.75 Å². The molecule has 3 aromatic rings. The molecule has 0 bridgehead atoms. The van der Waals surface area contributed by atoms with E-state index < -0.39 is 5.60 Å². The molecule has 1 aromatic heterocycles. The molecule has 0 amide bonds. The van der Waals surface area contributed by atoms with Crippen molar-refractivity contribution in [3.63, 3.8) is 0 Å². The molecule has 0 saturated carbocycles. The Kier molecular flexibility index (Phi) is 5.15. The highest BCUT2D eigenvalue weighted by Gasteiger charge is 2.38. The number of aliphatic imine (C=N–C) groups is 1. The van der Waals surface area contributed by atoms with Gasteiger partial charge in [-0.1, -0.05) is 18.2 Å². The number of fused-ring (bicyclic) bond motifs is 1. The molecule has 164 valence electrons. The highest BCUT2D eigenvalue weighted by atomic mass is 16.3. The van der Waals surface area contributed by atoms with E-state index in [-0.39, 0.29) is 17.7 Å². The van der Waals surface area contributed by atoms with Gasteiger partial charge in [-0.3, -0.25) is 4.99 Å². The Hall–Kier alpha value is -3.29. The fraction of sp³-hybridized carbons (Fsp3) is 0.320. The van der Waals surface area contributed by atoms with Crippen LogP contribution < -0.4 is 10.6 Å². The number of phenolic OH excluding ortho intramolecular Hbond substituents is 1. The van der Waals surface area contributed by atoms with E-state index in [4.69, 9.17) is 9.97 Å². The highest BCUT2D eigenvalue weighted by molar-refractivity contribution is 6.10. The molecule has 32 heavy (non-hydrogen) atoms. The number of nitrogens with one attached hydrogen (secondary N) is 2. The summed E-state index contributed by atoms with van der Waals surface area (Å²) in [5.74, 6) is 1.29. The Morgan fingerprint density at radius 2 is 1.94 bits per heavy atom. The summed E-state index contributed by atoms with van der Waals surface area (Å²) >= 11 is 0. The Balaban J connectivity index is 1.59. The molecule has 7 heteroatoms. The van der Waals surface area contributed by atoms with Crippen LogP contribution in [-0.2, 0) is 0 Å². The quantitative estimate of drug-likeness (QED) is 0.497. The second-order valence-electron chi connectivity index (χ2n) is 8.94. The van der Waals surface area contributed by atoms with Crippen molar-refractivity contribution in [2.45, 2.75) is 25.5 Å². The average Bonchev–Trinajstić information content (AvgIpc) is 3.46. The first kappa shape index (κ1) is 20.6. The fourth-order valence-electron chi connectivity index (χ4n) is 4.49. The number of rotatable bonds is 5. The predicted molar refractivity (Wildman–Crippen MR) is 127 cm³/mol.